The standard InChI is InChI=1S/C15H16N2O4S/c1-21-14-8-12(16)6-4-10(14)2-3-11-5-7-13(17)9-15(11)22(18,19)20/h2-9H,16-17H2,1H3,(H,18,19,20). The number of nitrogens with two attached hydrogens (primary N) is 2. The first-order valence-electron chi connectivity index (χ1n) is 6.30. The Labute approximate surface area is 128 Å². The molecule has 5 N–H and O–H groups in total. The molecule has 0 spiro atoms. The van der Waals surface area contributed by atoms with E-state index in [9.17, 15) is 13.0 Å². The number of nitrogen functional groups attached to an aromatic ring is 2. The summed E-state index contributed by atoms with van der Waals surface area (Å²) in [6.07, 6.45) is 3.22. The summed E-state index contributed by atoms with van der Waals surface area (Å²) in [5.41, 5.74) is 13.1. The van der Waals surface area contributed by atoms with E-state index in [0.717, 1.165) is 5.56 Å². The molecular weight excluding hydrogens is 304 g/mol. The van der Waals surface area contributed by atoms with Gasteiger partial charge in [-0.25, -0.2) is 0 Å². The van der Waals surface area contributed by atoms with Crippen LogP contribution in [0.15, 0.2) is 41.3 Å². The number of ether oxygens (including phenoxy) is 1. The summed E-state index contributed by atoms with van der Waals surface area (Å²) in [7, 11) is -2.85. The average Bonchev–Trinajstić information content (AvgIpc) is 2.45. The maximum atomic E-state index is 11.4. The minimum Gasteiger partial charge on any atom is -0.496 e. The zero-order valence-corrected chi connectivity index (χ0v) is 12.7. The van der Waals surface area contributed by atoms with Gasteiger partial charge >= 0.3 is 0 Å². The van der Waals surface area contributed by atoms with Gasteiger partial charge in [0.25, 0.3) is 10.1 Å². The lowest BCUT2D eigenvalue weighted by atomic mass is 10.1. The quantitative estimate of drug-likeness (QED) is 0.452. The molecule has 7 heteroatoms. The summed E-state index contributed by atoms with van der Waals surface area (Å²) in [4.78, 5) is -0.252. The zero-order chi connectivity index (χ0) is 16.3. The molecule has 0 unspecified atom stereocenters. The molecule has 0 saturated carbocycles. The molecule has 0 aliphatic carbocycles. The third-order valence-corrected chi connectivity index (χ3v) is 3.92. The van der Waals surface area contributed by atoms with Crippen molar-refractivity contribution < 1.29 is 17.7 Å². The smallest absolute Gasteiger partial charge is 0.295 e. The van der Waals surface area contributed by atoms with Crippen molar-refractivity contribution in [2.75, 3.05) is 18.6 Å². The molecule has 0 fully saturated rings. The van der Waals surface area contributed by atoms with Gasteiger partial charge < -0.3 is 16.2 Å². The average molecular weight is 320 g/mol. The highest BCUT2D eigenvalue weighted by molar-refractivity contribution is 7.86. The van der Waals surface area contributed by atoms with Crippen molar-refractivity contribution >= 4 is 33.6 Å². The zero-order valence-electron chi connectivity index (χ0n) is 11.9. The van der Waals surface area contributed by atoms with E-state index in [0.29, 0.717) is 17.0 Å². The van der Waals surface area contributed by atoms with Crippen molar-refractivity contribution in [3.63, 3.8) is 0 Å². The molecule has 116 valence electrons. The van der Waals surface area contributed by atoms with Crippen LogP contribution < -0.4 is 16.2 Å². The minimum absolute atomic E-state index is 0.245. The summed E-state index contributed by atoms with van der Waals surface area (Å²) in [6.45, 7) is 0. The molecule has 0 saturated heterocycles. The van der Waals surface area contributed by atoms with E-state index < -0.39 is 10.1 Å². The van der Waals surface area contributed by atoms with E-state index in [4.69, 9.17) is 16.2 Å². The Hall–Kier alpha value is -2.51. The molecule has 0 aromatic heterocycles. The third kappa shape index (κ3) is 3.57. The Balaban J connectivity index is 2.48. The van der Waals surface area contributed by atoms with Crippen LogP contribution in [-0.2, 0) is 10.1 Å². The lowest BCUT2D eigenvalue weighted by Crippen LogP contribution is -2.02. The van der Waals surface area contributed by atoms with Crippen molar-refractivity contribution in [1.29, 1.82) is 0 Å². The van der Waals surface area contributed by atoms with E-state index in [-0.39, 0.29) is 10.6 Å². The number of hydrogen-bond donors (Lipinski definition) is 3. The summed E-state index contributed by atoms with van der Waals surface area (Å²) < 4.78 is 37.3. The summed E-state index contributed by atoms with van der Waals surface area (Å²) >= 11 is 0. The second kappa shape index (κ2) is 6.08. The number of benzene rings is 2. The Morgan fingerprint density at radius 2 is 1.55 bits per heavy atom. The van der Waals surface area contributed by atoms with Gasteiger partial charge in [0.2, 0.25) is 0 Å². The first-order chi connectivity index (χ1) is 10.3. The SMILES string of the molecule is COc1cc(N)ccc1C=Cc1ccc(N)cc1S(=O)(=O)O. The van der Waals surface area contributed by atoms with Gasteiger partial charge in [-0.15, -0.1) is 0 Å². The van der Waals surface area contributed by atoms with Crippen LogP contribution in [0.3, 0.4) is 0 Å². The monoisotopic (exact) mass is 320 g/mol. The Morgan fingerprint density at radius 1 is 1.00 bits per heavy atom. The van der Waals surface area contributed by atoms with Gasteiger partial charge in [-0.2, -0.15) is 8.42 Å². The van der Waals surface area contributed by atoms with Crippen LogP contribution in [0.25, 0.3) is 12.2 Å². The van der Waals surface area contributed by atoms with Crippen molar-refractivity contribution in [3.8, 4) is 5.75 Å². The molecule has 0 atom stereocenters. The van der Waals surface area contributed by atoms with Gasteiger partial charge in [0, 0.05) is 23.0 Å². The fraction of sp³-hybridized carbons (Fsp3) is 0.0667. The highest BCUT2D eigenvalue weighted by atomic mass is 32.2. The first-order valence-corrected chi connectivity index (χ1v) is 7.74. The fourth-order valence-corrected chi connectivity index (χ4v) is 2.68. The Kier molecular flexibility index (Phi) is 4.39. The van der Waals surface area contributed by atoms with Crippen LogP contribution in [0.1, 0.15) is 11.1 Å². The normalized spacial score (nSPS) is 11.7. The largest absolute Gasteiger partial charge is 0.496 e. The Morgan fingerprint density at radius 3 is 2.14 bits per heavy atom. The van der Waals surface area contributed by atoms with Crippen LogP contribution >= 0.6 is 0 Å². The minimum atomic E-state index is -4.37. The maximum absolute atomic E-state index is 11.4. The molecule has 2 aromatic carbocycles. The van der Waals surface area contributed by atoms with Gasteiger partial charge in [-0.05, 0) is 29.8 Å². The predicted molar refractivity (Wildman–Crippen MR) is 87.0 cm³/mol. The van der Waals surface area contributed by atoms with Crippen LogP contribution in [0.2, 0.25) is 0 Å². The van der Waals surface area contributed by atoms with E-state index in [1.807, 2.05) is 0 Å². The van der Waals surface area contributed by atoms with Gasteiger partial charge in [0.1, 0.15) is 10.6 Å². The first kappa shape index (κ1) is 15.9. The predicted octanol–water partition coefficient (Wildman–Crippen LogP) is 2.28. The lowest BCUT2D eigenvalue weighted by Gasteiger charge is -2.07. The number of methoxy groups -OCH3 is 1. The number of rotatable bonds is 4. The van der Waals surface area contributed by atoms with Gasteiger partial charge in [-0.1, -0.05) is 18.2 Å². The molecule has 22 heavy (non-hydrogen) atoms. The van der Waals surface area contributed by atoms with Crippen molar-refractivity contribution in [3.05, 3.63) is 47.5 Å². The lowest BCUT2D eigenvalue weighted by molar-refractivity contribution is 0.414. The van der Waals surface area contributed by atoms with E-state index in [1.54, 1.807) is 36.4 Å². The summed E-state index contributed by atoms with van der Waals surface area (Å²) in [5.74, 6) is 0.556. The summed E-state index contributed by atoms with van der Waals surface area (Å²) in [6, 6.07) is 9.37. The molecule has 0 aliphatic rings. The van der Waals surface area contributed by atoms with E-state index >= 15 is 0 Å². The van der Waals surface area contributed by atoms with Crippen molar-refractivity contribution in [2.24, 2.45) is 0 Å². The Bertz CT molecular complexity index is 829. The van der Waals surface area contributed by atoms with Crippen LogP contribution in [0.5, 0.6) is 5.75 Å². The van der Waals surface area contributed by atoms with Crippen molar-refractivity contribution in [2.45, 2.75) is 4.90 Å². The molecule has 2 aromatic rings. The molecule has 2 rings (SSSR count). The van der Waals surface area contributed by atoms with Crippen LogP contribution in [0, 0.1) is 0 Å². The van der Waals surface area contributed by atoms with Gasteiger partial charge in [0.05, 0.1) is 7.11 Å². The second-order valence-electron chi connectivity index (χ2n) is 4.61. The molecular formula is C15H16N2O4S. The fourth-order valence-electron chi connectivity index (χ4n) is 1.96. The maximum Gasteiger partial charge on any atom is 0.295 e. The van der Waals surface area contributed by atoms with E-state index in [1.165, 1.54) is 19.2 Å². The van der Waals surface area contributed by atoms with Gasteiger partial charge in [0.15, 0.2) is 0 Å². The van der Waals surface area contributed by atoms with Gasteiger partial charge in [-0.3, -0.25) is 4.55 Å². The topological polar surface area (TPSA) is 116 Å². The molecule has 0 aliphatic heterocycles. The molecule has 0 radical (unpaired) electrons. The van der Waals surface area contributed by atoms with Crippen LogP contribution in [0.4, 0.5) is 11.4 Å². The van der Waals surface area contributed by atoms with E-state index in [2.05, 4.69) is 0 Å². The molecule has 0 amide bonds. The number of anilines is 2. The van der Waals surface area contributed by atoms with Crippen LogP contribution in [-0.4, -0.2) is 20.1 Å². The summed E-state index contributed by atoms with van der Waals surface area (Å²) in [5, 5.41) is 0. The second-order valence-corrected chi connectivity index (χ2v) is 6.00. The number of hydrogen-bond acceptors (Lipinski definition) is 5. The highest BCUT2D eigenvalue weighted by Gasteiger charge is 2.14. The van der Waals surface area contributed by atoms with Crippen molar-refractivity contribution in [1.82, 2.24) is 0 Å². The third-order valence-electron chi connectivity index (χ3n) is 3.02. The molecule has 0 bridgehead atoms. The highest BCUT2D eigenvalue weighted by Crippen LogP contribution is 2.25. The molecule has 0 heterocycles. The molecule has 6 nitrogen and oxygen atoms in total.